The Morgan fingerprint density at radius 1 is 1.75 bits per heavy atom. The fraction of sp³-hybridized carbons (Fsp3) is 0.286. The number of nitrogens with two attached hydrogens (primary N) is 1. The standard InChI is InChI=1S/C7H11N5/c1-5-3-6(10-2)12(7(8)9)11-4-5/h3-4H,1-2H3,(H3,8,9)/p+1. The Balaban J connectivity index is 3.20. The highest BCUT2D eigenvalue weighted by Gasteiger charge is 2.08. The number of hydrogen-bond acceptors (Lipinski definition) is 3. The Labute approximate surface area is 70.7 Å². The Kier molecular flexibility index (Phi) is 2.23. The number of aryl methyl sites for hydroxylation is 1. The van der Waals surface area contributed by atoms with Crippen LogP contribution in [0.15, 0.2) is 12.3 Å². The van der Waals surface area contributed by atoms with Crippen LogP contribution in [0.25, 0.3) is 0 Å². The summed E-state index contributed by atoms with van der Waals surface area (Å²) in [5, 5.41) is 14.0. The third-order valence-corrected chi connectivity index (χ3v) is 1.45. The van der Waals surface area contributed by atoms with Gasteiger partial charge in [-0.2, -0.15) is 5.41 Å². The topological polar surface area (TPSA) is 78.7 Å². The third kappa shape index (κ3) is 1.50. The molecule has 0 aromatic carbocycles. The van der Waals surface area contributed by atoms with Crippen LogP contribution in [0, 0.1) is 12.3 Å². The molecule has 0 saturated heterocycles. The molecule has 0 aliphatic carbocycles. The van der Waals surface area contributed by atoms with E-state index in [0.29, 0.717) is 5.82 Å². The fourth-order valence-corrected chi connectivity index (χ4v) is 0.895. The molecule has 0 saturated carbocycles. The van der Waals surface area contributed by atoms with Crippen molar-refractivity contribution in [3.63, 3.8) is 0 Å². The Bertz CT molecular complexity index is 307. The number of nitrogen functional groups attached to an aromatic ring is 1. The first-order valence-electron chi connectivity index (χ1n) is 3.56. The van der Waals surface area contributed by atoms with Gasteiger partial charge in [-0.25, -0.2) is 0 Å². The Morgan fingerprint density at radius 3 is 2.92 bits per heavy atom. The van der Waals surface area contributed by atoms with Gasteiger partial charge in [0, 0.05) is 13.1 Å². The zero-order valence-corrected chi connectivity index (χ0v) is 7.13. The molecular formula is C7H12N5+. The molecule has 5 heteroatoms. The van der Waals surface area contributed by atoms with Crippen LogP contribution in [0.4, 0.5) is 5.82 Å². The minimum absolute atomic E-state index is 0.0978. The van der Waals surface area contributed by atoms with Crippen LogP contribution in [0.1, 0.15) is 5.56 Å². The van der Waals surface area contributed by atoms with Gasteiger partial charge in [0.2, 0.25) is 5.82 Å². The van der Waals surface area contributed by atoms with E-state index in [0.717, 1.165) is 5.56 Å². The van der Waals surface area contributed by atoms with E-state index in [-0.39, 0.29) is 5.96 Å². The lowest BCUT2D eigenvalue weighted by Crippen LogP contribution is -2.52. The van der Waals surface area contributed by atoms with Gasteiger partial charge in [-0.1, -0.05) is 0 Å². The molecule has 12 heavy (non-hydrogen) atoms. The molecule has 0 aliphatic rings. The summed E-state index contributed by atoms with van der Waals surface area (Å²) in [5.74, 6) is 0.613. The number of anilines is 1. The molecule has 1 heterocycles. The SMILES string of the molecule is CNc1cc(C)cn[n+]1C(=N)N. The molecule has 1 aromatic rings. The van der Waals surface area contributed by atoms with Crippen LogP contribution in [0.5, 0.6) is 0 Å². The van der Waals surface area contributed by atoms with Crippen LogP contribution in [0.3, 0.4) is 0 Å². The zero-order valence-electron chi connectivity index (χ0n) is 7.13. The lowest BCUT2D eigenvalue weighted by atomic mass is 10.3. The predicted octanol–water partition coefficient (Wildman–Crippen LogP) is -0.539. The van der Waals surface area contributed by atoms with Crippen molar-refractivity contribution in [2.75, 3.05) is 12.4 Å². The number of rotatable bonds is 1. The summed E-state index contributed by atoms with van der Waals surface area (Å²) in [4.78, 5) is 0. The molecule has 4 N–H and O–H groups in total. The second-order valence-electron chi connectivity index (χ2n) is 2.47. The van der Waals surface area contributed by atoms with Crippen molar-refractivity contribution in [1.29, 1.82) is 5.41 Å². The zero-order chi connectivity index (χ0) is 9.14. The average Bonchev–Trinajstić information content (AvgIpc) is 2.03. The van der Waals surface area contributed by atoms with Crippen molar-refractivity contribution >= 4 is 11.8 Å². The fourth-order valence-electron chi connectivity index (χ4n) is 0.895. The van der Waals surface area contributed by atoms with Gasteiger partial charge in [-0.05, 0) is 12.5 Å². The normalized spacial score (nSPS) is 9.50. The number of nitrogens with one attached hydrogen (secondary N) is 2. The lowest BCUT2D eigenvalue weighted by Gasteiger charge is -2.02. The van der Waals surface area contributed by atoms with E-state index >= 15 is 0 Å². The summed E-state index contributed by atoms with van der Waals surface area (Å²) >= 11 is 0. The van der Waals surface area contributed by atoms with Gasteiger partial charge in [0.05, 0.1) is 6.20 Å². The van der Waals surface area contributed by atoms with Crippen LogP contribution in [-0.2, 0) is 0 Å². The smallest absolute Gasteiger partial charge is 0.323 e. The van der Waals surface area contributed by atoms with E-state index in [9.17, 15) is 0 Å². The number of nitrogens with zero attached hydrogens (tertiary/aromatic N) is 2. The molecule has 64 valence electrons. The van der Waals surface area contributed by atoms with Gasteiger partial charge >= 0.3 is 5.96 Å². The van der Waals surface area contributed by atoms with E-state index in [1.54, 1.807) is 13.2 Å². The van der Waals surface area contributed by atoms with Crippen LogP contribution < -0.4 is 15.7 Å². The summed E-state index contributed by atoms with van der Waals surface area (Å²) in [6.07, 6.45) is 1.66. The second kappa shape index (κ2) is 3.17. The van der Waals surface area contributed by atoms with Gasteiger partial charge in [-0.3, -0.25) is 0 Å². The average molecular weight is 166 g/mol. The molecule has 0 fully saturated rings. The summed E-state index contributed by atoms with van der Waals surface area (Å²) in [5.41, 5.74) is 6.31. The van der Waals surface area contributed by atoms with Gasteiger partial charge in [0.25, 0.3) is 0 Å². The van der Waals surface area contributed by atoms with Crippen molar-refractivity contribution in [1.82, 2.24) is 5.10 Å². The van der Waals surface area contributed by atoms with Crippen molar-refractivity contribution < 1.29 is 4.68 Å². The molecule has 0 atom stereocenters. The molecular weight excluding hydrogens is 154 g/mol. The van der Waals surface area contributed by atoms with Crippen molar-refractivity contribution in [3.8, 4) is 0 Å². The van der Waals surface area contributed by atoms with E-state index < -0.39 is 0 Å². The van der Waals surface area contributed by atoms with Crippen molar-refractivity contribution in [2.24, 2.45) is 5.73 Å². The highest BCUT2D eigenvalue weighted by atomic mass is 15.4. The molecule has 0 aliphatic heterocycles. The summed E-state index contributed by atoms with van der Waals surface area (Å²) in [6, 6.07) is 1.87. The maximum absolute atomic E-state index is 7.19. The second-order valence-corrected chi connectivity index (χ2v) is 2.47. The molecule has 0 spiro atoms. The van der Waals surface area contributed by atoms with Gasteiger partial charge in [-0.15, -0.1) is 9.78 Å². The summed E-state index contributed by atoms with van der Waals surface area (Å²) < 4.78 is 1.33. The van der Waals surface area contributed by atoms with Gasteiger partial charge in [0.15, 0.2) is 0 Å². The predicted molar refractivity (Wildman–Crippen MR) is 46.0 cm³/mol. The molecule has 0 amide bonds. The molecule has 5 nitrogen and oxygen atoms in total. The first-order valence-corrected chi connectivity index (χ1v) is 3.56. The largest absolute Gasteiger partial charge is 0.360 e. The maximum atomic E-state index is 7.19. The van der Waals surface area contributed by atoms with Crippen molar-refractivity contribution in [3.05, 3.63) is 17.8 Å². The first kappa shape index (κ1) is 8.45. The molecule has 0 bridgehead atoms. The quantitative estimate of drug-likeness (QED) is 0.298. The molecule has 1 aromatic heterocycles. The number of hydrogen-bond donors (Lipinski definition) is 3. The highest BCUT2D eigenvalue weighted by molar-refractivity contribution is 5.65. The number of aromatic nitrogens is 2. The third-order valence-electron chi connectivity index (χ3n) is 1.45. The molecule has 0 unspecified atom stereocenters. The highest BCUT2D eigenvalue weighted by Crippen LogP contribution is 1.99. The van der Waals surface area contributed by atoms with Crippen LogP contribution in [0.2, 0.25) is 0 Å². The van der Waals surface area contributed by atoms with E-state index in [1.165, 1.54) is 4.68 Å². The van der Waals surface area contributed by atoms with Crippen LogP contribution in [-0.4, -0.2) is 18.1 Å². The van der Waals surface area contributed by atoms with E-state index in [4.69, 9.17) is 11.1 Å². The first-order chi connectivity index (χ1) is 5.65. The van der Waals surface area contributed by atoms with Crippen LogP contribution >= 0.6 is 0 Å². The minimum Gasteiger partial charge on any atom is -0.323 e. The lowest BCUT2D eigenvalue weighted by molar-refractivity contribution is -0.610. The Morgan fingerprint density at radius 2 is 2.42 bits per heavy atom. The van der Waals surface area contributed by atoms with E-state index in [1.807, 2.05) is 13.0 Å². The molecule has 1 rings (SSSR count). The summed E-state index contributed by atoms with van der Waals surface area (Å²) in [6.45, 7) is 1.93. The van der Waals surface area contributed by atoms with Gasteiger partial charge in [0.1, 0.15) is 0 Å². The molecule has 0 radical (unpaired) electrons. The minimum atomic E-state index is -0.0978. The maximum Gasteiger partial charge on any atom is 0.360 e. The monoisotopic (exact) mass is 166 g/mol. The van der Waals surface area contributed by atoms with E-state index in [2.05, 4.69) is 10.4 Å². The van der Waals surface area contributed by atoms with Crippen molar-refractivity contribution in [2.45, 2.75) is 6.92 Å². The Hall–Kier alpha value is -1.65. The van der Waals surface area contributed by atoms with Gasteiger partial charge < -0.3 is 11.1 Å². The summed E-state index contributed by atoms with van der Waals surface area (Å²) in [7, 11) is 1.76.